The number of hydrogen-bond acceptors (Lipinski definition) is 5. The SMILES string of the molecule is C=CCOC(=O)N1C(C(=O)O)CSC1c1cccs1. The molecular weight excluding hydrogens is 286 g/mol. The van der Waals surface area contributed by atoms with Crippen molar-refractivity contribution in [3.63, 3.8) is 0 Å². The summed E-state index contributed by atoms with van der Waals surface area (Å²) in [6, 6.07) is 2.91. The zero-order valence-electron chi connectivity index (χ0n) is 10.0. The minimum absolute atomic E-state index is 0.0729. The molecule has 1 aliphatic rings. The van der Waals surface area contributed by atoms with Crippen molar-refractivity contribution >= 4 is 35.2 Å². The topological polar surface area (TPSA) is 66.8 Å². The van der Waals surface area contributed by atoms with Gasteiger partial charge in [0.05, 0.1) is 0 Å². The van der Waals surface area contributed by atoms with Gasteiger partial charge in [-0.1, -0.05) is 18.7 Å². The maximum absolute atomic E-state index is 12.0. The monoisotopic (exact) mass is 299 g/mol. The van der Waals surface area contributed by atoms with Crippen LogP contribution in [0, 0.1) is 0 Å². The molecule has 1 aromatic heterocycles. The quantitative estimate of drug-likeness (QED) is 0.866. The van der Waals surface area contributed by atoms with Gasteiger partial charge in [0.2, 0.25) is 0 Å². The minimum Gasteiger partial charge on any atom is -0.480 e. The summed E-state index contributed by atoms with van der Waals surface area (Å²) in [6.45, 7) is 3.54. The van der Waals surface area contributed by atoms with E-state index in [9.17, 15) is 14.7 Å². The highest BCUT2D eigenvalue weighted by atomic mass is 32.2. The van der Waals surface area contributed by atoms with E-state index in [0.717, 1.165) is 4.88 Å². The lowest BCUT2D eigenvalue weighted by atomic mass is 10.3. The lowest BCUT2D eigenvalue weighted by molar-refractivity contribution is -0.141. The molecule has 5 nitrogen and oxygen atoms in total. The van der Waals surface area contributed by atoms with E-state index in [1.807, 2.05) is 17.5 Å². The van der Waals surface area contributed by atoms with Crippen LogP contribution in [0.4, 0.5) is 4.79 Å². The summed E-state index contributed by atoms with van der Waals surface area (Å²) in [5.74, 6) is -0.650. The van der Waals surface area contributed by atoms with Gasteiger partial charge in [-0.2, -0.15) is 0 Å². The molecule has 1 aliphatic heterocycles. The van der Waals surface area contributed by atoms with Gasteiger partial charge in [0.15, 0.2) is 0 Å². The third-order valence-electron chi connectivity index (χ3n) is 2.61. The highest BCUT2D eigenvalue weighted by molar-refractivity contribution is 7.99. The summed E-state index contributed by atoms with van der Waals surface area (Å²) in [5, 5.41) is 10.8. The number of thioether (sulfide) groups is 1. The van der Waals surface area contributed by atoms with Gasteiger partial charge in [-0.05, 0) is 11.4 Å². The summed E-state index contributed by atoms with van der Waals surface area (Å²) in [6.07, 6.45) is 0.840. The van der Waals surface area contributed by atoms with E-state index < -0.39 is 18.1 Å². The Kier molecular flexibility index (Phi) is 4.49. The molecule has 0 saturated carbocycles. The van der Waals surface area contributed by atoms with Crippen molar-refractivity contribution in [2.45, 2.75) is 11.4 Å². The summed E-state index contributed by atoms with van der Waals surface area (Å²) < 4.78 is 4.98. The number of carboxylic acid groups (broad SMARTS) is 1. The number of amides is 1. The number of aliphatic carboxylic acids is 1. The van der Waals surface area contributed by atoms with Crippen LogP contribution in [0.1, 0.15) is 10.3 Å². The van der Waals surface area contributed by atoms with Crippen LogP contribution >= 0.6 is 23.1 Å². The molecule has 0 radical (unpaired) electrons. The van der Waals surface area contributed by atoms with Gasteiger partial charge in [0.25, 0.3) is 0 Å². The van der Waals surface area contributed by atoms with E-state index in [1.165, 1.54) is 34.1 Å². The molecule has 1 fully saturated rings. The molecule has 0 bridgehead atoms. The largest absolute Gasteiger partial charge is 0.480 e. The van der Waals surface area contributed by atoms with Gasteiger partial charge in [-0.3, -0.25) is 4.90 Å². The predicted octanol–water partition coefficient (Wildman–Crippen LogP) is 2.57. The molecule has 2 unspecified atom stereocenters. The molecule has 0 aliphatic carbocycles. The van der Waals surface area contributed by atoms with Crippen LogP contribution < -0.4 is 0 Å². The molecule has 1 aromatic rings. The predicted molar refractivity (Wildman–Crippen MR) is 74.3 cm³/mol. The Bertz CT molecular complexity index is 474. The fourth-order valence-electron chi connectivity index (χ4n) is 1.78. The van der Waals surface area contributed by atoms with Crippen LogP contribution in [0.3, 0.4) is 0 Å². The molecule has 1 N–H and O–H groups in total. The Hall–Kier alpha value is -1.47. The van der Waals surface area contributed by atoms with Crippen molar-refractivity contribution in [1.82, 2.24) is 4.90 Å². The van der Waals surface area contributed by atoms with Gasteiger partial charge >= 0.3 is 12.1 Å². The minimum atomic E-state index is -1.01. The highest BCUT2D eigenvalue weighted by Crippen LogP contribution is 2.43. The molecule has 102 valence electrons. The van der Waals surface area contributed by atoms with E-state index >= 15 is 0 Å². The molecule has 0 aromatic carbocycles. The molecule has 7 heteroatoms. The number of thiophene rings is 1. The molecular formula is C12H13NO4S2. The van der Waals surface area contributed by atoms with Crippen molar-refractivity contribution in [1.29, 1.82) is 0 Å². The molecule has 0 spiro atoms. The third kappa shape index (κ3) is 2.93. The Morgan fingerprint density at radius 3 is 3.00 bits per heavy atom. The number of carbonyl (C=O) groups excluding carboxylic acids is 1. The van der Waals surface area contributed by atoms with Crippen molar-refractivity contribution in [2.75, 3.05) is 12.4 Å². The lowest BCUT2D eigenvalue weighted by Crippen LogP contribution is -2.43. The summed E-state index contributed by atoms with van der Waals surface area (Å²) >= 11 is 2.93. The summed E-state index contributed by atoms with van der Waals surface area (Å²) in [4.78, 5) is 25.5. The Morgan fingerprint density at radius 1 is 1.63 bits per heavy atom. The van der Waals surface area contributed by atoms with Gasteiger partial charge in [0, 0.05) is 10.6 Å². The van der Waals surface area contributed by atoms with E-state index in [4.69, 9.17) is 4.74 Å². The number of hydrogen-bond donors (Lipinski definition) is 1. The van der Waals surface area contributed by atoms with Crippen LogP contribution in [-0.2, 0) is 9.53 Å². The molecule has 1 amide bonds. The van der Waals surface area contributed by atoms with E-state index in [-0.39, 0.29) is 12.0 Å². The number of carboxylic acids is 1. The van der Waals surface area contributed by atoms with Crippen molar-refractivity contribution < 1.29 is 19.4 Å². The Labute approximate surface area is 118 Å². The second kappa shape index (κ2) is 6.12. The normalized spacial score (nSPS) is 22.2. The Morgan fingerprint density at radius 2 is 2.42 bits per heavy atom. The maximum atomic E-state index is 12.0. The highest BCUT2D eigenvalue weighted by Gasteiger charge is 2.43. The number of rotatable bonds is 4. The van der Waals surface area contributed by atoms with Gasteiger partial charge in [-0.15, -0.1) is 23.1 Å². The van der Waals surface area contributed by atoms with E-state index in [0.29, 0.717) is 5.75 Å². The summed E-state index contributed by atoms with van der Waals surface area (Å²) in [7, 11) is 0. The Balaban J connectivity index is 2.21. The van der Waals surface area contributed by atoms with Crippen LogP contribution in [0.5, 0.6) is 0 Å². The zero-order chi connectivity index (χ0) is 13.8. The second-order valence-corrected chi connectivity index (χ2v) is 5.92. The fraction of sp³-hybridized carbons (Fsp3) is 0.333. The average Bonchev–Trinajstić information content (AvgIpc) is 3.02. The molecule has 2 atom stereocenters. The van der Waals surface area contributed by atoms with Gasteiger partial charge < -0.3 is 9.84 Å². The summed E-state index contributed by atoms with van der Waals surface area (Å²) in [5.41, 5.74) is 0. The van der Waals surface area contributed by atoms with Crippen LogP contribution in [0.25, 0.3) is 0 Å². The first kappa shape index (κ1) is 14.0. The fourth-order valence-corrected chi connectivity index (χ4v) is 4.15. The van der Waals surface area contributed by atoms with Crippen LogP contribution in [-0.4, -0.2) is 40.5 Å². The van der Waals surface area contributed by atoms with Crippen molar-refractivity contribution in [2.24, 2.45) is 0 Å². The van der Waals surface area contributed by atoms with Crippen molar-refractivity contribution in [3.05, 3.63) is 35.0 Å². The first-order chi connectivity index (χ1) is 9.15. The maximum Gasteiger partial charge on any atom is 0.412 e. The average molecular weight is 299 g/mol. The molecule has 1 saturated heterocycles. The van der Waals surface area contributed by atoms with Crippen LogP contribution in [0.2, 0.25) is 0 Å². The number of nitrogens with zero attached hydrogens (tertiary/aromatic N) is 1. The smallest absolute Gasteiger partial charge is 0.412 e. The number of carbonyl (C=O) groups is 2. The van der Waals surface area contributed by atoms with Gasteiger partial charge in [-0.25, -0.2) is 9.59 Å². The first-order valence-corrected chi connectivity index (χ1v) is 7.51. The molecule has 2 heterocycles. The van der Waals surface area contributed by atoms with Crippen LogP contribution in [0.15, 0.2) is 30.2 Å². The standard InChI is InChI=1S/C12H13NO4S2/c1-2-5-17-12(16)13-8(11(14)15)7-19-10(13)9-4-3-6-18-9/h2-4,6,8,10H,1,5,7H2,(H,14,15). The lowest BCUT2D eigenvalue weighted by Gasteiger charge is -2.25. The van der Waals surface area contributed by atoms with Gasteiger partial charge in [0.1, 0.15) is 18.0 Å². The molecule has 2 rings (SSSR count). The van der Waals surface area contributed by atoms with E-state index in [2.05, 4.69) is 6.58 Å². The van der Waals surface area contributed by atoms with E-state index in [1.54, 1.807) is 0 Å². The molecule has 19 heavy (non-hydrogen) atoms. The second-order valence-electron chi connectivity index (χ2n) is 3.83. The zero-order valence-corrected chi connectivity index (χ0v) is 11.7. The van der Waals surface area contributed by atoms with Crippen molar-refractivity contribution in [3.8, 4) is 0 Å². The first-order valence-electron chi connectivity index (χ1n) is 5.59. The number of ether oxygens (including phenoxy) is 1. The third-order valence-corrected chi connectivity index (χ3v) is 4.99.